The van der Waals surface area contributed by atoms with Crippen LogP contribution in [-0.4, -0.2) is 42.6 Å². The van der Waals surface area contributed by atoms with Gasteiger partial charge in [0.15, 0.2) is 0 Å². The molecule has 0 spiro atoms. The Morgan fingerprint density at radius 2 is 1.04 bits per heavy atom. The molecule has 0 heterocycles. The van der Waals surface area contributed by atoms with Gasteiger partial charge in [-0.15, -0.1) is 0 Å². The Morgan fingerprint density at radius 3 is 1.33 bits per heavy atom. The van der Waals surface area contributed by atoms with Gasteiger partial charge in [-0.25, -0.2) is 0 Å². The predicted octanol–water partition coefficient (Wildman–Crippen LogP) is 2.51. The van der Waals surface area contributed by atoms with Gasteiger partial charge in [-0.3, -0.25) is 8.37 Å². The SMILES string of the molecule is CS(=O)(=O)OCC1(COS(C)(=O)=O)[C@@H](c2ccccc2)[C@@H]1c1ccccc1. The monoisotopic (exact) mass is 410 g/mol. The Kier molecular flexibility index (Phi) is 5.45. The second kappa shape index (κ2) is 7.35. The predicted molar refractivity (Wildman–Crippen MR) is 102 cm³/mol. The molecule has 146 valence electrons. The maximum absolute atomic E-state index is 11.6. The summed E-state index contributed by atoms with van der Waals surface area (Å²) in [4.78, 5) is 0. The second-order valence-electron chi connectivity index (χ2n) is 6.94. The van der Waals surface area contributed by atoms with Crippen LogP contribution >= 0.6 is 0 Å². The zero-order valence-electron chi connectivity index (χ0n) is 15.1. The van der Waals surface area contributed by atoms with Gasteiger partial charge in [-0.05, 0) is 11.1 Å². The fourth-order valence-electron chi connectivity index (χ4n) is 3.70. The molecule has 3 rings (SSSR count). The largest absolute Gasteiger partial charge is 0.270 e. The first-order valence-corrected chi connectivity index (χ1v) is 12.0. The normalized spacial score (nSPS) is 21.7. The minimum absolute atomic E-state index is 0.121. The van der Waals surface area contributed by atoms with Gasteiger partial charge in [-0.1, -0.05) is 60.7 Å². The molecule has 6 nitrogen and oxygen atoms in total. The van der Waals surface area contributed by atoms with Gasteiger partial charge >= 0.3 is 0 Å². The molecule has 8 heteroatoms. The Balaban J connectivity index is 2.03. The Morgan fingerprint density at radius 1 is 0.704 bits per heavy atom. The first-order valence-electron chi connectivity index (χ1n) is 8.41. The van der Waals surface area contributed by atoms with Gasteiger partial charge in [0.05, 0.1) is 25.7 Å². The lowest BCUT2D eigenvalue weighted by Crippen LogP contribution is -2.24. The minimum atomic E-state index is -3.69. The van der Waals surface area contributed by atoms with Crippen molar-refractivity contribution < 1.29 is 25.2 Å². The van der Waals surface area contributed by atoms with Crippen molar-refractivity contribution in [3.8, 4) is 0 Å². The van der Waals surface area contributed by atoms with E-state index >= 15 is 0 Å². The molecule has 0 bridgehead atoms. The van der Waals surface area contributed by atoms with Crippen LogP contribution < -0.4 is 0 Å². The molecule has 0 aromatic heterocycles. The summed E-state index contributed by atoms with van der Waals surface area (Å²) < 4.78 is 56.7. The van der Waals surface area contributed by atoms with Gasteiger partial charge in [0.25, 0.3) is 20.2 Å². The summed E-state index contributed by atoms with van der Waals surface area (Å²) in [6.07, 6.45) is 1.96. The molecule has 0 saturated heterocycles. The average molecular weight is 411 g/mol. The van der Waals surface area contributed by atoms with Crippen molar-refractivity contribution in [2.24, 2.45) is 5.41 Å². The summed E-state index contributed by atoms with van der Waals surface area (Å²) in [6, 6.07) is 19.2. The lowest BCUT2D eigenvalue weighted by molar-refractivity contribution is 0.160. The summed E-state index contributed by atoms with van der Waals surface area (Å²) in [7, 11) is -7.37. The average Bonchev–Trinajstić information content (AvgIpc) is 3.28. The van der Waals surface area contributed by atoms with E-state index in [4.69, 9.17) is 8.37 Å². The zero-order chi connectivity index (χ0) is 19.7. The van der Waals surface area contributed by atoms with Gasteiger partial charge < -0.3 is 0 Å². The first kappa shape index (κ1) is 20.0. The second-order valence-corrected chi connectivity index (χ2v) is 10.2. The quantitative estimate of drug-likeness (QED) is 0.622. The van der Waals surface area contributed by atoms with E-state index in [1.165, 1.54) is 0 Å². The third-order valence-corrected chi connectivity index (χ3v) is 5.96. The molecule has 0 N–H and O–H groups in total. The van der Waals surface area contributed by atoms with E-state index in [1.807, 2.05) is 60.7 Å². The molecule has 0 aliphatic heterocycles. The number of rotatable bonds is 8. The fourth-order valence-corrected chi connectivity index (χ4v) is 4.56. The van der Waals surface area contributed by atoms with E-state index < -0.39 is 25.7 Å². The standard InChI is InChI=1S/C19H22O6S2/c1-26(20,21)24-13-19(14-25-27(2,22)23)17(15-9-5-3-6-10-15)18(19)16-11-7-4-8-12-16/h3-12,17-18H,13-14H2,1-2H3/t17-,18-/m0/s1. The smallest absolute Gasteiger partial charge is 0.264 e. The molecule has 1 aliphatic rings. The molecule has 1 aliphatic carbocycles. The summed E-state index contributed by atoms with van der Waals surface area (Å²) in [5.41, 5.74) is 1.18. The number of benzene rings is 2. The molecule has 1 fully saturated rings. The van der Waals surface area contributed by atoms with Crippen molar-refractivity contribution in [1.82, 2.24) is 0 Å². The fraction of sp³-hybridized carbons (Fsp3) is 0.368. The molecule has 0 amide bonds. The molecule has 2 atom stereocenters. The van der Waals surface area contributed by atoms with E-state index in [0.29, 0.717) is 0 Å². The third-order valence-electron chi connectivity index (χ3n) is 4.86. The number of hydrogen-bond acceptors (Lipinski definition) is 6. The van der Waals surface area contributed by atoms with Crippen molar-refractivity contribution >= 4 is 20.2 Å². The molecular weight excluding hydrogens is 388 g/mol. The highest BCUT2D eigenvalue weighted by Gasteiger charge is 2.66. The third kappa shape index (κ3) is 4.76. The van der Waals surface area contributed by atoms with Crippen LogP contribution in [-0.2, 0) is 28.6 Å². The molecule has 0 unspecified atom stereocenters. The Hall–Kier alpha value is -1.74. The Labute approximate surface area is 160 Å². The molecule has 2 aromatic carbocycles. The zero-order valence-corrected chi connectivity index (χ0v) is 16.7. The molecular formula is C19H22O6S2. The van der Waals surface area contributed by atoms with Crippen LogP contribution in [0.15, 0.2) is 60.7 Å². The highest BCUT2D eigenvalue weighted by molar-refractivity contribution is 7.86. The first-order chi connectivity index (χ1) is 12.6. The van der Waals surface area contributed by atoms with Crippen LogP contribution in [0.5, 0.6) is 0 Å². The maximum Gasteiger partial charge on any atom is 0.264 e. The van der Waals surface area contributed by atoms with E-state index in [0.717, 1.165) is 23.6 Å². The lowest BCUT2D eigenvalue weighted by atomic mass is 10.00. The topological polar surface area (TPSA) is 86.7 Å². The van der Waals surface area contributed by atoms with E-state index in [-0.39, 0.29) is 25.0 Å². The Bertz CT molecular complexity index is 902. The highest BCUT2D eigenvalue weighted by atomic mass is 32.2. The van der Waals surface area contributed by atoms with Crippen molar-refractivity contribution in [3.05, 3.63) is 71.8 Å². The van der Waals surface area contributed by atoms with Crippen molar-refractivity contribution in [2.45, 2.75) is 11.8 Å². The van der Waals surface area contributed by atoms with Crippen LogP contribution in [0, 0.1) is 5.41 Å². The van der Waals surface area contributed by atoms with Gasteiger partial charge in [0.2, 0.25) is 0 Å². The van der Waals surface area contributed by atoms with Gasteiger partial charge in [-0.2, -0.15) is 16.8 Å². The van der Waals surface area contributed by atoms with Crippen LogP contribution in [0.2, 0.25) is 0 Å². The maximum atomic E-state index is 11.6. The van der Waals surface area contributed by atoms with Gasteiger partial charge in [0, 0.05) is 17.3 Å². The van der Waals surface area contributed by atoms with Crippen LogP contribution in [0.3, 0.4) is 0 Å². The summed E-state index contributed by atoms with van der Waals surface area (Å²) in [5.74, 6) is -0.241. The van der Waals surface area contributed by atoms with Crippen molar-refractivity contribution in [2.75, 3.05) is 25.7 Å². The molecule has 2 aromatic rings. The van der Waals surface area contributed by atoms with E-state index in [9.17, 15) is 16.8 Å². The van der Waals surface area contributed by atoms with Crippen LogP contribution in [0.1, 0.15) is 23.0 Å². The van der Waals surface area contributed by atoms with Crippen LogP contribution in [0.25, 0.3) is 0 Å². The summed E-state index contributed by atoms with van der Waals surface area (Å²) >= 11 is 0. The van der Waals surface area contributed by atoms with E-state index in [1.54, 1.807) is 0 Å². The molecule has 1 saturated carbocycles. The number of hydrogen-bond donors (Lipinski definition) is 0. The lowest BCUT2D eigenvalue weighted by Gasteiger charge is -2.17. The molecule has 0 radical (unpaired) electrons. The van der Waals surface area contributed by atoms with Gasteiger partial charge in [0.1, 0.15) is 0 Å². The summed E-state index contributed by atoms with van der Waals surface area (Å²) in [6.45, 7) is -0.305. The molecule has 27 heavy (non-hydrogen) atoms. The van der Waals surface area contributed by atoms with E-state index in [2.05, 4.69) is 0 Å². The highest BCUT2D eigenvalue weighted by Crippen LogP contribution is 2.70. The van der Waals surface area contributed by atoms with Crippen molar-refractivity contribution in [1.29, 1.82) is 0 Å². The minimum Gasteiger partial charge on any atom is -0.270 e. The van der Waals surface area contributed by atoms with Crippen LogP contribution in [0.4, 0.5) is 0 Å². The van der Waals surface area contributed by atoms with Crippen molar-refractivity contribution in [3.63, 3.8) is 0 Å². The summed E-state index contributed by atoms with van der Waals surface area (Å²) in [5, 5.41) is 0.